The summed E-state index contributed by atoms with van der Waals surface area (Å²) in [4.78, 5) is 0. The average Bonchev–Trinajstić information content (AvgIpc) is 2.83. The molecule has 0 saturated carbocycles. The smallest absolute Gasteiger partial charge is 0.162 e. The zero-order chi connectivity index (χ0) is 23.8. The fourth-order valence-electron chi connectivity index (χ4n) is 2.91. The van der Waals surface area contributed by atoms with Gasteiger partial charge in [0.15, 0.2) is 23.0 Å². The molecule has 34 heavy (non-hydrogen) atoms. The summed E-state index contributed by atoms with van der Waals surface area (Å²) >= 11 is 6.93. The fraction of sp³-hybridized carbons (Fsp3) is 0.500. The molecule has 0 fully saturated rings. The maximum absolute atomic E-state index is 5.86. The molecule has 188 valence electrons. The lowest BCUT2D eigenvalue weighted by Gasteiger charge is -2.15. The van der Waals surface area contributed by atoms with Crippen molar-refractivity contribution in [2.24, 2.45) is 0 Å². The number of benzene rings is 2. The molecule has 0 aromatic heterocycles. The van der Waals surface area contributed by atoms with Crippen LogP contribution < -0.4 is 18.9 Å². The third kappa shape index (κ3) is 10.4. The first kappa shape index (κ1) is 27.0. The zero-order valence-corrected chi connectivity index (χ0v) is 22.1. The summed E-state index contributed by atoms with van der Waals surface area (Å²) in [5.41, 5.74) is 0. The molecule has 8 nitrogen and oxygen atoms in total. The summed E-state index contributed by atoms with van der Waals surface area (Å²) in [5, 5.41) is 0. The maximum atomic E-state index is 5.86. The summed E-state index contributed by atoms with van der Waals surface area (Å²) in [5.74, 6) is 2.59. The minimum absolute atomic E-state index is 0.381. The van der Waals surface area contributed by atoms with Crippen LogP contribution in [0.3, 0.4) is 0 Å². The van der Waals surface area contributed by atoms with Gasteiger partial charge in [-0.25, -0.2) is 0 Å². The van der Waals surface area contributed by atoms with E-state index >= 15 is 0 Å². The van der Waals surface area contributed by atoms with Gasteiger partial charge in [0.1, 0.15) is 26.4 Å². The minimum atomic E-state index is 0.381. The number of halogens is 2. The van der Waals surface area contributed by atoms with Crippen LogP contribution in [0.5, 0.6) is 23.0 Å². The highest BCUT2D eigenvalue weighted by Gasteiger charge is 2.08. The molecule has 0 unspecified atom stereocenters. The van der Waals surface area contributed by atoms with E-state index < -0.39 is 0 Å². The van der Waals surface area contributed by atoms with E-state index in [9.17, 15) is 0 Å². The molecule has 1 aliphatic rings. The predicted octanol–water partition coefficient (Wildman–Crippen LogP) is 4.51. The van der Waals surface area contributed by atoms with Crippen LogP contribution in [0, 0.1) is 0 Å². The average molecular weight is 606 g/mol. The number of hydrogen-bond donors (Lipinski definition) is 0. The predicted molar refractivity (Wildman–Crippen MR) is 134 cm³/mol. The molecule has 0 N–H and O–H groups in total. The number of rotatable bonds is 0. The van der Waals surface area contributed by atoms with Crippen molar-refractivity contribution in [3.05, 3.63) is 45.3 Å². The highest BCUT2D eigenvalue weighted by atomic mass is 79.9. The van der Waals surface area contributed by atoms with Crippen LogP contribution >= 0.6 is 31.9 Å². The van der Waals surface area contributed by atoms with E-state index in [1.807, 2.05) is 36.4 Å². The van der Waals surface area contributed by atoms with Gasteiger partial charge in [0.05, 0.1) is 52.9 Å². The van der Waals surface area contributed by atoms with Crippen molar-refractivity contribution in [3.63, 3.8) is 0 Å². The Morgan fingerprint density at radius 2 is 0.676 bits per heavy atom. The lowest BCUT2D eigenvalue weighted by Crippen LogP contribution is -2.15. The van der Waals surface area contributed by atoms with Gasteiger partial charge in [-0.2, -0.15) is 0 Å². The van der Waals surface area contributed by atoms with Crippen molar-refractivity contribution in [2.75, 3.05) is 79.3 Å². The topological polar surface area (TPSA) is 73.8 Å². The van der Waals surface area contributed by atoms with Crippen LogP contribution in [0.4, 0.5) is 0 Å². The molecule has 2 aromatic carbocycles. The molecular weight excluding hydrogens is 576 g/mol. The molecule has 0 radical (unpaired) electrons. The first-order chi connectivity index (χ1) is 16.7. The second-order valence-electron chi connectivity index (χ2n) is 7.03. The second-order valence-corrected chi connectivity index (χ2v) is 8.86. The molecule has 1 aliphatic heterocycles. The molecule has 0 atom stereocenters. The molecule has 10 heteroatoms. The van der Waals surface area contributed by atoms with E-state index in [0.717, 1.165) is 8.95 Å². The minimum Gasteiger partial charge on any atom is -0.487 e. The lowest BCUT2D eigenvalue weighted by molar-refractivity contribution is 0.00453. The molecule has 0 bridgehead atoms. The highest BCUT2D eigenvalue weighted by Crippen LogP contribution is 2.31. The van der Waals surface area contributed by atoms with Gasteiger partial charge in [-0.15, -0.1) is 0 Å². The van der Waals surface area contributed by atoms with Crippen LogP contribution in [0.25, 0.3) is 0 Å². The summed E-state index contributed by atoms with van der Waals surface area (Å²) in [6.45, 7) is 5.27. The first-order valence-corrected chi connectivity index (χ1v) is 12.7. The van der Waals surface area contributed by atoms with E-state index in [1.165, 1.54) is 0 Å². The summed E-state index contributed by atoms with van der Waals surface area (Å²) in [6.07, 6.45) is 0. The van der Waals surface area contributed by atoms with Gasteiger partial charge < -0.3 is 37.9 Å². The fourth-order valence-corrected chi connectivity index (χ4v) is 3.59. The van der Waals surface area contributed by atoms with Gasteiger partial charge in [-0.3, -0.25) is 0 Å². The van der Waals surface area contributed by atoms with Crippen LogP contribution in [0.1, 0.15) is 0 Å². The Hall–Kier alpha value is -1.56. The first-order valence-electron chi connectivity index (χ1n) is 11.1. The third-order valence-corrected chi connectivity index (χ3v) is 5.48. The second kappa shape index (κ2) is 16.2. The largest absolute Gasteiger partial charge is 0.487 e. The van der Waals surface area contributed by atoms with Crippen LogP contribution in [-0.4, -0.2) is 79.3 Å². The maximum Gasteiger partial charge on any atom is 0.162 e. The third-order valence-electron chi connectivity index (χ3n) is 4.50. The van der Waals surface area contributed by atoms with Gasteiger partial charge in [-0.05, 0) is 36.4 Å². The Morgan fingerprint density at radius 1 is 0.382 bits per heavy atom. The number of fused-ring (bicyclic) bond motifs is 2. The van der Waals surface area contributed by atoms with Crippen molar-refractivity contribution in [2.45, 2.75) is 0 Å². The Kier molecular flexibility index (Phi) is 12.9. The molecular formula is C24H30Br2O8. The Bertz CT molecular complexity index is 784. The van der Waals surface area contributed by atoms with E-state index in [-0.39, 0.29) is 0 Å². The lowest BCUT2D eigenvalue weighted by atomic mass is 10.3. The van der Waals surface area contributed by atoms with E-state index in [4.69, 9.17) is 37.9 Å². The Labute approximate surface area is 217 Å². The van der Waals surface area contributed by atoms with Crippen LogP contribution in [0.2, 0.25) is 0 Å². The molecule has 0 amide bonds. The van der Waals surface area contributed by atoms with Gasteiger partial charge in [0.2, 0.25) is 0 Å². The Morgan fingerprint density at radius 3 is 1.03 bits per heavy atom. The van der Waals surface area contributed by atoms with E-state index in [1.54, 1.807) is 0 Å². The van der Waals surface area contributed by atoms with Gasteiger partial charge >= 0.3 is 0 Å². The zero-order valence-electron chi connectivity index (χ0n) is 19.0. The van der Waals surface area contributed by atoms with Crippen molar-refractivity contribution < 1.29 is 37.9 Å². The SMILES string of the molecule is Brc1ccc2c(c1)OCCOCCOc1cc(Br)ccc1OCCOCCOCCOCCO2. The summed E-state index contributed by atoms with van der Waals surface area (Å²) in [6, 6.07) is 11.3. The Balaban J connectivity index is 1.52. The van der Waals surface area contributed by atoms with Gasteiger partial charge in [-0.1, -0.05) is 31.9 Å². The molecule has 0 saturated heterocycles. The highest BCUT2D eigenvalue weighted by molar-refractivity contribution is 9.10. The molecule has 0 aliphatic carbocycles. The number of ether oxygens (including phenoxy) is 8. The van der Waals surface area contributed by atoms with Crippen LogP contribution in [0.15, 0.2) is 45.3 Å². The van der Waals surface area contributed by atoms with Crippen molar-refractivity contribution >= 4 is 31.9 Å². The van der Waals surface area contributed by atoms with Gasteiger partial charge in [0.25, 0.3) is 0 Å². The van der Waals surface area contributed by atoms with Crippen molar-refractivity contribution in [1.29, 1.82) is 0 Å². The summed E-state index contributed by atoms with van der Waals surface area (Å²) < 4.78 is 47.4. The molecule has 1 heterocycles. The molecule has 0 spiro atoms. The van der Waals surface area contributed by atoms with Crippen molar-refractivity contribution in [1.82, 2.24) is 0 Å². The standard InChI is InChI=1S/C24H30Br2O8/c25-19-1-3-21-23(17-19)33-15-11-30-12-16-34-24-18-20(26)2-4-22(24)32-14-10-29-8-6-27-5-7-28-9-13-31-21/h1-4,17-18H,5-16H2. The monoisotopic (exact) mass is 604 g/mol. The summed E-state index contributed by atoms with van der Waals surface area (Å²) in [7, 11) is 0. The quantitative estimate of drug-likeness (QED) is 0.434. The van der Waals surface area contributed by atoms with Gasteiger partial charge in [0, 0.05) is 8.95 Å². The van der Waals surface area contributed by atoms with Crippen molar-refractivity contribution in [3.8, 4) is 23.0 Å². The number of hydrogen-bond acceptors (Lipinski definition) is 8. The normalized spacial score (nSPS) is 17.9. The molecule has 2 aromatic rings. The van der Waals surface area contributed by atoms with Crippen LogP contribution in [-0.2, 0) is 18.9 Å². The van der Waals surface area contributed by atoms with E-state index in [0.29, 0.717) is 102 Å². The van der Waals surface area contributed by atoms with E-state index in [2.05, 4.69) is 31.9 Å². The molecule has 3 rings (SSSR count).